The van der Waals surface area contributed by atoms with E-state index in [1.807, 2.05) is 0 Å². The Morgan fingerprint density at radius 3 is 1.80 bits per heavy atom. The van der Waals surface area contributed by atoms with Gasteiger partial charge < -0.3 is 10.5 Å². The molecule has 0 bridgehead atoms. The Morgan fingerprint density at radius 2 is 1.45 bits per heavy atom. The van der Waals surface area contributed by atoms with E-state index < -0.39 is 41.7 Å². The van der Waals surface area contributed by atoms with Crippen LogP contribution in [0.25, 0.3) is 0 Å². The van der Waals surface area contributed by atoms with E-state index in [1.165, 1.54) is 0 Å². The monoisotopic (exact) mass is 301 g/mol. The summed E-state index contributed by atoms with van der Waals surface area (Å²) in [6.45, 7) is -0.409. The SMILES string of the molecule is NC(=O)CCOc1cc(C(F)(F)F)cc(C(F)(F)F)c1. The van der Waals surface area contributed by atoms with E-state index in [0.29, 0.717) is 12.1 Å². The molecule has 1 aromatic rings. The van der Waals surface area contributed by atoms with Gasteiger partial charge in [0, 0.05) is 0 Å². The molecule has 0 spiro atoms. The van der Waals surface area contributed by atoms with Crippen LogP contribution in [0.1, 0.15) is 17.5 Å². The van der Waals surface area contributed by atoms with Crippen molar-refractivity contribution in [2.75, 3.05) is 6.61 Å². The van der Waals surface area contributed by atoms with Crippen LogP contribution < -0.4 is 10.5 Å². The predicted octanol–water partition coefficient (Wildman–Crippen LogP) is 2.98. The van der Waals surface area contributed by atoms with Crippen LogP contribution in [0, 0.1) is 0 Å². The minimum Gasteiger partial charge on any atom is -0.493 e. The molecule has 0 aliphatic carbocycles. The average Bonchev–Trinajstić information content (AvgIpc) is 2.25. The molecular weight excluding hydrogens is 292 g/mol. The van der Waals surface area contributed by atoms with Crippen molar-refractivity contribution < 1.29 is 35.9 Å². The van der Waals surface area contributed by atoms with E-state index in [1.54, 1.807) is 0 Å². The zero-order valence-electron chi connectivity index (χ0n) is 9.81. The topological polar surface area (TPSA) is 52.3 Å². The number of halogens is 6. The van der Waals surface area contributed by atoms with E-state index in [-0.39, 0.29) is 12.5 Å². The van der Waals surface area contributed by atoms with Crippen LogP contribution in [0.15, 0.2) is 18.2 Å². The van der Waals surface area contributed by atoms with Crippen molar-refractivity contribution in [2.24, 2.45) is 5.73 Å². The third-order valence-corrected chi connectivity index (χ3v) is 2.18. The molecule has 1 amide bonds. The minimum absolute atomic E-state index is 0.0130. The fourth-order valence-corrected chi connectivity index (χ4v) is 1.28. The number of ether oxygens (including phenoxy) is 1. The maximum absolute atomic E-state index is 12.5. The van der Waals surface area contributed by atoms with Crippen LogP contribution in [-0.2, 0) is 17.1 Å². The fourth-order valence-electron chi connectivity index (χ4n) is 1.28. The van der Waals surface area contributed by atoms with Gasteiger partial charge in [-0.25, -0.2) is 0 Å². The van der Waals surface area contributed by atoms with Crippen molar-refractivity contribution in [3.63, 3.8) is 0 Å². The zero-order valence-corrected chi connectivity index (χ0v) is 9.81. The summed E-state index contributed by atoms with van der Waals surface area (Å²) >= 11 is 0. The Bertz CT molecular complexity index is 462. The van der Waals surface area contributed by atoms with Crippen LogP contribution >= 0.6 is 0 Å². The van der Waals surface area contributed by atoms with Gasteiger partial charge in [-0.2, -0.15) is 26.3 Å². The second kappa shape index (κ2) is 5.59. The first-order valence-corrected chi connectivity index (χ1v) is 5.21. The Hall–Kier alpha value is -1.93. The van der Waals surface area contributed by atoms with Crippen molar-refractivity contribution in [3.05, 3.63) is 29.3 Å². The lowest BCUT2D eigenvalue weighted by Crippen LogP contribution is -2.15. The number of primary amides is 1. The van der Waals surface area contributed by atoms with Gasteiger partial charge in [0.15, 0.2) is 0 Å². The highest BCUT2D eigenvalue weighted by molar-refractivity contribution is 5.73. The summed E-state index contributed by atoms with van der Waals surface area (Å²) in [6.07, 6.45) is -10.2. The quantitative estimate of drug-likeness (QED) is 0.869. The molecule has 0 saturated carbocycles. The molecule has 0 heterocycles. The summed E-state index contributed by atoms with van der Waals surface area (Å²) in [5.41, 5.74) is 1.81. The number of nitrogens with two attached hydrogens (primary N) is 1. The highest BCUT2D eigenvalue weighted by Gasteiger charge is 2.37. The van der Waals surface area contributed by atoms with E-state index in [4.69, 9.17) is 5.73 Å². The van der Waals surface area contributed by atoms with E-state index in [2.05, 4.69) is 4.74 Å². The van der Waals surface area contributed by atoms with E-state index in [9.17, 15) is 31.1 Å². The molecule has 0 radical (unpaired) electrons. The van der Waals surface area contributed by atoms with Crippen LogP contribution in [0.5, 0.6) is 5.75 Å². The first-order valence-electron chi connectivity index (χ1n) is 5.21. The first-order chi connectivity index (χ1) is 9.00. The number of benzene rings is 1. The summed E-state index contributed by atoms with van der Waals surface area (Å²) < 4.78 is 79.6. The maximum atomic E-state index is 12.5. The first kappa shape index (κ1) is 16.1. The fraction of sp³-hybridized carbons (Fsp3) is 0.364. The number of rotatable bonds is 4. The smallest absolute Gasteiger partial charge is 0.416 e. The number of hydrogen-bond acceptors (Lipinski definition) is 2. The van der Waals surface area contributed by atoms with Crippen LogP contribution in [0.2, 0.25) is 0 Å². The molecule has 1 aromatic carbocycles. The lowest BCUT2D eigenvalue weighted by Gasteiger charge is -2.14. The predicted molar refractivity (Wildman–Crippen MR) is 55.8 cm³/mol. The van der Waals surface area contributed by atoms with Crippen molar-refractivity contribution in [3.8, 4) is 5.75 Å². The number of hydrogen-bond donors (Lipinski definition) is 1. The van der Waals surface area contributed by atoms with Crippen LogP contribution in [0.4, 0.5) is 26.3 Å². The van der Waals surface area contributed by atoms with Crippen LogP contribution in [0.3, 0.4) is 0 Å². The van der Waals surface area contributed by atoms with Gasteiger partial charge in [0.2, 0.25) is 5.91 Å². The van der Waals surface area contributed by atoms with Gasteiger partial charge in [0.05, 0.1) is 24.2 Å². The Kier molecular flexibility index (Phi) is 4.51. The second-order valence-electron chi connectivity index (χ2n) is 3.81. The van der Waals surface area contributed by atoms with Gasteiger partial charge in [-0.3, -0.25) is 4.79 Å². The van der Waals surface area contributed by atoms with E-state index >= 15 is 0 Å². The van der Waals surface area contributed by atoms with Crippen molar-refractivity contribution in [1.82, 2.24) is 0 Å². The van der Waals surface area contributed by atoms with Crippen molar-refractivity contribution in [1.29, 1.82) is 0 Å². The molecule has 112 valence electrons. The lowest BCUT2D eigenvalue weighted by molar-refractivity contribution is -0.143. The van der Waals surface area contributed by atoms with Gasteiger partial charge in [-0.05, 0) is 18.2 Å². The van der Waals surface area contributed by atoms with Gasteiger partial charge in [0.1, 0.15) is 5.75 Å². The van der Waals surface area contributed by atoms with Crippen LogP contribution in [-0.4, -0.2) is 12.5 Å². The molecule has 0 fully saturated rings. The summed E-state index contributed by atoms with van der Waals surface area (Å²) in [7, 11) is 0. The third kappa shape index (κ3) is 4.63. The summed E-state index contributed by atoms with van der Waals surface area (Å²) in [5.74, 6) is -1.42. The van der Waals surface area contributed by atoms with Crippen molar-refractivity contribution in [2.45, 2.75) is 18.8 Å². The number of amides is 1. The molecule has 9 heteroatoms. The highest BCUT2D eigenvalue weighted by atomic mass is 19.4. The number of carbonyl (C=O) groups is 1. The van der Waals surface area contributed by atoms with Gasteiger partial charge in [0.25, 0.3) is 0 Å². The summed E-state index contributed by atoms with van der Waals surface area (Å²) in [5, 5.41) is 0. The van der Waals surface area contributed by atoms with Gasteiger partial charge in [-0.1, -0.05) is 0 Å². The number of alkyl halides is 6. The van der Waals surface area contributed by atoms with Gasteiger partial charge >= 0.3 is 12.4 Å². The largest absolute Gasteiger partial charge is 0.493 e. The lowest BCUT2D eigenvalue weighted by atomic mass is 10.1. The Morgan fingerprint density at radius 1 is 1.00 bits per heavy atom. The molecule has 0 aromatic heterocycles. The Balaban J connectivity index is 3.08. The summed E-state index contributed by atoms with van der Waals surface area (Å²) in [6, 6.07) is 0.841. The molecule has 0 aliphatic heterocycles. The summed E-state index contributed by atoms with van der Waals surface area (Å²) in [4.78, 5) is 10.4. The molecule has 0 aliphatic rings. The van der Waals surface area contributed by atoms with E-state index in [0.717, 1.165) is 0 Å². The normalized spacial score (nSPS) is 12.3. The number of carbonyl (C=O) groups excluding carboxylic acids is 1. The minimum atomic E-state index is -4.94. The van der Waals surface area contributed by atoms with Gasteiger partial charge in [-0.15, -0.1) is 0 Å². The van der Waals surface area contributed by atoms with Crippen molar-refractivity contribution >= 4 is 5.91 Å². The molecule has 0 atom stereocenters. The standard InChI is InChI=1S/C11H9F6NO2/c12-10(13,14)6-3-7(11(15,16)17)5-8(4-6)20-2-1-9(18)19/h3-5H,1-2H2,(H2,18,19). The molecule has 20 heavy (non-hydrogen) atoms. The molecule has 2 N–H and O–H groups in total. The molecule has 3 nitrogen and oxygen atoms in total. The zero-order chi connectivity index (χ0) is 15.6. The molecule has 0 unspecified atom stereocenters. The third-order valence-electron chi connectivity index (χ3n) is 2.18. The second-order valence-corrected chi connectivity index (χ2v) is 3.81. The Labute approximate surface area is 109 Å². The maximum Gasteiger partial charge on any atom is 0.416 e. The molecular formula is C11H9F6NO2. The highest BCUT2D eigenvalue weighted by Crippen LogP contribution is 2.38. The molecule has 1 rings (SSSR count). The molecule has 0 saturated heterocycles. The average molecular weight is 301 g/mol.